The fraction of sp³-hybridized carbons (Fsp3) is 0.562. The predicted octanol–water partition coefficient (Wildman–Crippen LogP) is 2.31. The molecule has 0 aromatic heterocycles. The van der Waals surface area contributed by atoms with Crippen molar-refractivity contribution >= 4 is 5.96 Å². The molecular formula is C16H25N3O. The quantitative estimate of drug-likeness (QED) is 0.640. The number of hydrogen-bond donors (Lipinski definition) is 2. The van der Waals surface area contributed by atoms with Gasteiger partial charge in [0.15, 0.2) is 5.96 Å². The number of nitrogens with one attached hydrogen (secondary N) is 2. The molecule has 1 heterocycles. The summed E-state index contributed by atoms with van der Waals surface area (Å²) in [6, 6.07) is 10.3. The van der Waals surface area contributed by atoms with Gasteiger partial charge in [0.05, 0.1) is 12.1 Å². The van der Waals surface area contributed by atoms with Crippen molar-refractivity contribution in [1.29, 1.82) is 0 Å². The maximum Gasteiger partial charge on any atom is 0.191 e. The van der Waals surface area contributed by atoms with Crippen molar-refractivity contribution in [1.82, 2.24) is 10.6 Å². The van der Waals surface area contributed by atoms with Gasteiger partial charge in [0.2, 0.25) is 0 Å². The highest BCUT2D eigenvalue weighted by molar-refractivity contribution is 5.79. The number of aliphatic imine (C=N–C) groups is 1. The first-order valence-corrected chi connectivity index (χ1v) is 7.42. The van der Waals surface area contributed by atoms with E-state index in [0.29, 0.717) is 6.54 Å². The number of rotatable bonds is 5. The van der Waals surface area contributed by atoms with E-state index in [0.717, 1.165) is 38.5 Å². The standard InChI is InChI=1S/C16H25N3O/c1-3-17-15(18-12-14-8-5-4-6-9-14)19-13-16(2)10-7-11-20-16/h4-6,8-9H,3,7,10-13H2,1-2H3,(H2,17,18,19). The van der Waals surface area contributed by atoms with Crippen LogP contribution in [0.5, 0.6) is 0 Å². The van der Waals surface area contributed by atoms with Gasteiger partial charge in [0.25, 0.3) is 0 Å². The lowest BCUT2D eigenvalue weighted by atomic mass is 10.0. The van der Waals surface area contributed by atoms with Gasteiger partial charge < -0.3 is 15.4 Å². The number of benzene rings is 1. The molecule has 20 heavy (non-hydrogen) atoms. The number of nitrogens with zero attached hydrogens (tertiary/aromatic N) is 1. The minimum atomic E-state index is -0.0526. The lowest BCUT2D eigenvalue weighted by molar-refractivity contribution is 0.0243. The molecule has 4 heteroatoms. The summed E-state index contributed by atoms with van der Waals surface area (Å²) in [5.74, 6) is 0.855. The van der Waals surface area contributed by atoms with E-state index in [1.165, 1.54) is 5.56 Å². The molecule has 0 amide bonds. The van der Waals surface area contributed by atoms with Crippen LogP contribution in [0, 0.1) is 0 Å². The lowest BCUT2D eigenvalue weighted by Gasteiger charge is -2.24. The maximum absolute atomic E-state index is 5.79. The molecule has 0 bridgehead atoms. The molecule has 1 aliphatic heterocycles. The Labute approximate surface area is 121 Å². The van der Waals surface area contributed by atoms with Gasteiger partial charge in [-0.2, -0.15) is 0 Å². The van der Waals surface area contributed by atoms with Gasteiger partial charge in [-0.15, -0.1) is 0 Å². The van der Waals surface area contributed by atoms with Gasteiger partial charge >= 0.3 is 0 Å². The van der Waals surface area contributed by atoms with Crippen molar-refractivity contribution < 1.29 is 4.74 Å². The minimum absolute atomic E-state index is 0.0526. The predicted molar refractivity (Wildman–Crippen MR) is 82.9 cm³/mol. The summed E-state index contributed by atoms with van der Waals surface area (Å²) in [7, 11) is 0. The van der Waals surface area contributed by atoms with Crippen LogP contribution >= 0.6 is 0 Å². The Hall–Kier alpha value is -1.55. The van der Waals surface area contributed by atoms with Gasteiger partial charge in [0, 0.05) is 19.7 Å². The zero-order chi connectivity index (χ0) is 14.3. The second-order valence-electron chi connectivity index (χ2n) is 5.44. The van der Waals surface area contributed by atoms with E-state index in [1.807, 2.05) is 18.2 Å². The fourth-order valence-corrected chi connectivity index (χ4v) is 2.34. The van der Waals surface area contributed by atoms with Crippen LogP contribution in [0.2, 0.25) is 0 Å². The largest absolute Gasteiger partial charge is 0.373 e. The van der Waals surface area contributed by atoms with E-state index in [1.54, 1.807) is 0 Å². The first-order chi connectivity index (χ1) is 9.72. The van der Waals surface area contributed by atoms with Gasteiger partial charge in [0.1, 0.15) is 0 Å². The molecule has 1 aliphatic rings. The average Bonchev–Trinajstić information content (AvgIpc) is 2.90. The van der Waals surface area contributed by atoms with Crippen LogP contribution in [0.15, 0.2) is 35.3 Å². The Kier molecular flexibility index (Phi) is 5.41. The van der Waals surface area contributed by atoms with Crippen molar-refractivity contribution in [2.45, 2.75) is 38.8 Å². The maximum atomic E-state index is 5.79. The number of guanidine groups is 1. The summed E-state index contributed by atoms with van der Waals surface area (Å²) >= 11 is 0. The van der Waals surface area contributed by atoms with Crippen LogP contribution in [0.3, 0.4) is 0 Å². The van der Waals surface area contributed by atoms with Crippen LogP contribution in [0.1, 0.15) is 32.3 Å². The summed E-state index contributed by atoms with van der Waals surface area (Å²) in [5.41, 5.74) is 1.16. The zero-order valence-corrected chi connectivity index (χ0v) is 12.5. The summed E-state index contributed by atoms with van der Waals surface area (Å²) < 4.78 is 5.79. The molecule has 1 aromatic carbocycles. The minimum Gasteiger partial charge on any atom is -0.373 e. The Morgan fingerprint density at radius 2 is 2.10 bits per heavy atom. The average molecular weight is 275 g/mol. The van der Waals surface area contributed by atoms with E-state index in [2.05, 4.69) is 41.6 Å². The summed E-state index contributed by atoms with van der Waals surface area (Å²) in [4.78, 5) is 4.61. The monoisotopic (exact) mass is 275 g/mol. The van der Waals surface area contributed by atoms with Crippen LogP contribution in [0.25, 0.3) is 0 Å². The second kappa shape index (κ2) is 7.29. The highest BCUT2D eigenvalue weighted by Crippen LogP contribution is 2.23. The third kappa shape index (κ3) is 4.53. The van der Waals surface area contributed by atoms with E-state index in [-0.39, 0.29) is 5.60 Å². The molecule has 1 fully saturated rings. The summed E-state index contributed by atoms with van der Waals surface area (Å²) in [6.45, 7) is 7.46. The first kappa shape index (κ1) is 14.9. The first-order valence-electron chi connectivity index (χ1n) is 7.42. The van der Waals surface area contributed by atoms with Gasteiger partial charge in [-0.3, -0.25) is 0 Å². The van der Waals surface area contributed by atoms with E-state index < -0.39 is 0 Å². The van der Waals surface area contributed by atoms with Crippen molar-refractivity contribution in [3.63, 3.8) is 0 Å². The van der Waals surface area contributed by atoms with Crippen molar-refractivity contribution in [3.05, 3.63) is 35.9 Å². The van der Waals surface area contributed by atoms with E-state index in [9.17, 15) is 0 Å². The third-order valence-corrected chi connectivity index (χ3v) is 3.54. The molecular weight excluding hydrogens is 250 g/mol. The van der Waals surface area contributed by atoms with E-state index >= 15 is 0 Å². The highest BCUT2D eigenvalue weighted by atomic mass is 16.5. The van der Waals surface area contributed by atoms with Crippen LogP contribution < -0.4 is 10.6 Å². The molecule has 1 atom stereocenters. The van der Waals surface area contributed by atoms with Crippen LogP contribution in [-0.2, 0) is 11.3 Å². The van der Waals surface area contributed by atoms with Crippen molar-refractivity contribution in [2.24, 2.45) is 4.99 Å². The number of ether oxygens (including phenoxy) is 1. The molecule has 0 saturated carbocycles. The lowest BCUT2D eigenvalue weighted by Crippen LogP contribution is -2.45. The molecule has 1 saturated heterocycles. The molecule has 4 nitrogen and oxygen atoms in total. The van der Waals surface area contributed by atoms with E-state index in [4.69, 9.17) is 4.74 Å². The van der Waals surface area contributed by atoms with Crippen molar-refractivity contribution in [3.8, 4) is 0 Å². The topological polar surface area (TPSA) is 45.7 Å². The number of hydrogen-bond acceptors (Lipinski definition) is 2. The SMILES string of the molecule is CCNC(=NCc1ccccc1)NCC1(C)CCCO1. The smallest absolute Gasteiger partial charge is 0.191 e. The summed E-state index contributed by atoms with van der Waals surface area (Å²) in [6.07, 6.45) is 2.26. The molecule has 110 valence electrons. The molecule has 2 N–H and O–H groups in total. The third-order valence-electron chi connectivity index (χ3n) is 3.54. The fourth-order valence-electron chi connectivity index (χ4n) is 2.34. The highest BCUT2D eigenvalue weighted by Gasteiger charge is 2.29. The molecule has 0 radical (unpaired) electrons. The Bertz CT molecular complexity index is 425. The molecule has 2 rings (SSSR count). The Morgan fingerprint density at radius 3 is 2.75 bits per heavy atom. The van der Waals surface area contributed by atoms with Gasteiger partial charge in [-0.1, -0.05) is 30.3 Å². The zero-order valence-electron chi connectivity index (χ0n) is 12.5. The Balaban J connectivity index is 1.89. The Morgan fingerprint density at radius 1 is 1.30 bits per heavy atom. The van der Waals surface area contributed by atoms with Crippen molar-refractivity contribution in [2.75, 3.05) is 19.7 Å². The van der Waals surface area contributed by atoms with Gasteiger partial charge in [-0.25, -0.2) is 4.99 Å². The van der Waals surface area contributed by atoms with Gasteiger partial charge in [-0.05, 0) is 32.3 Å². The van der Waals surface area contributed by atoms with Crippen LogP contribution in [0.4, 0.5) is 0 Å². The normalized spacial score (nSPS) is 22.8. The molecule has 1 aromatic rings. The van der Waals surface area contributed by atoms with Crippen LogP contribution in [-0.4, -0.2) is 31.3 Å². The summed E-state index contributed by atoms with van der Waals surface area (Å²) in [5, 5.41) is 6.66. The molecule has 0 spiro atoms. The molecule has 1 unspecified atom stereocenters. The molecule has 0 aliphatic carbocycles. The second-order valence-corrected chi connectivity index (χ2v) is 5.44.